The van der Waals surface area contributed by atoms with Crippen LogP contribution in [0.4, 0.5) is 13.2 Å². The lowest BCUT2D eigenvalue weighted by Crippen LogP contribution is -2.28. The predicted octanol–water partition coefficient (Wildman–Crippen LogP) is 1.59. The summed E-state index contributed by atoms with van der Waals surface area (Å²) in [6.45, 7) is 0. The van der Waals surface area contributed by atoms with Gasteiger partial charge in [0.1, 0.15) is 11.8 Å². The van der Waals surface area contributed by atoms with Crippen molar-refractivity contribution in [3.05, 3.63) is 18.0 Å². The number of aromatic nitrogens is 1. The van der Waals surface area contributed by atoms with Crippen molar-refractivity contribution in [2.45, 2.75) is 12.2 Å². The van der Waals surface area contributed by atoms with E-state index in [2.05, 4.69) is 4.98 Å². The summed E-state index contributed by atoms with van der Waals surface area (Å²) in [7, 11) is 1.37. The largest absolute Gasteiger partial charge is 0.495 e. The molecule has 0 saturated carbocycles. The molecule has 0 aliphatic carbocycles. The van der Waals surface area contributed by atoms with Crippen molar-refractivity contribution in [1.29, 1.82) is 0 Å². The van der Waals surface area contributed by atoms with Crippen molar-refractivity contribution in [1.82, 2.24) is 4.98 Å². The Labute approximate surface area is 72.7 Å². The standard InChI is InChI=1S/C7H9F3N2O/c1-13-4-2-5(12-3-4)6(11)7(8,9)10/h2-3,6,12H,11H2,1H3/t6-/m0/s1. The highest BCUT2D eigenvalue weighted by Gasteiger charge is 2.38. The molecule has 0 aliphatic heterocycles. The molecule has 0 radical (unpaired) electrons. The van der Waals surface area contributed by atoms with Crippen LogP contribution in [0.1, 0.15) is 11.7 Å². The van der Waals surface area contributed by atoms with Gasteiger partial charge in [-0.15, -0.1) is 0 Å². The van der Waals surface area contributed by atoms with Crippen LogP contribution in [-0.4, -0.2) is 18.3 Å². The number of hydrogen-bond acceptors (Lipinski definition) is 2. The summed E-state index contributed by atoms with van der Waals surface area (Å²) in [6, 6.07) is -0.769. The second kappa shape index (κ2) is 3.29. The van der Waals surface area contributed by atoms with Gasteiger partial charge in [-0.25, -0.2) is 0 Å². The molecule has 0 aliphatic rings. The second-order valence-corrected chi connectivity index (χ2v) is 2.51. The fourth-order valence-corrected chi connectivity index (χ4v) is 0.865. The molecule has 3 nitrogen and oxygen atoms in total. The van der Waals surface area contributed by atoms with Crippen molar-refractivity contribution in [2.75, 3.05) is 7.11 Å². The average molecular weight is 194 g/mol. The topological polar surface area (TPSA) is 51.0 Å². The quantitative estimate of drug-likeness (QED) is 0.751. The Balaban J connectivity index is 2.83. The Kier molecular flexibility index (Phi) is 2.51. The highest BCUT2D eigenvalue weighted by Crippen LogP contribution is 2.31. The number of hydrogen-bond donors (Lipinski definition) is 2. The molecule has 1 aromatic rings. The zero-order valence-electron chi connectivity index (χ0n) is 6.85. The minimum Gasteiger partial charge on any atom is -0.495 e. The molecular formula is C7H9F3N2O. The van der Waals surface area contributed by atoms with E-state index in [1.807, 2.05) is 0 Å². The summed E-state index contributed by atoms with van der Waals surface area (Å²) in [4.78, 5) is 2.39. The Morgan fingerprint density at radius 2 is 2.15 bits per heavy atom. The molecule has 1 atom stereocenters. The first-order valence-electron chi connectivity index (χ1n) is 3.49. The van der Waals surface area contributed by atoms with Gasteiger partial charge in [-0.3, -0.25) is 0 Å². The number of alkyl halides is 3. The van der Waals surface area contributed by atoms with Crippen LogP contribution in [0.25, 0.3) is 0 Å². The summed E-state index contributed by atoms with van der Waals surface area (Å²) in [5.74, 6) is 0.328. The van der Waals surface area contributed by atoms with Crippen molar-refractivity contribution >= 4 is 0 Å². The lowest BCUT2D eigenvalue weighted by atomic mass is 10.2. The van der Waals surface area contributed by atoms with Crippen molar-refractivity contribution in [2.24, 2.45) is 5.73 Å². The third-order valence-electron chi connectivity index (χ3n) is 1.60. The lowest BCUT2D eigenvalue weighted by Gasteiger charge is -2.13. The molecule has 0 aromatic carbocycles. The van der Waals surface area contributed by atoms with Gasteiger partial charge in [0.05, 0.1) is 7.11 Å². The van der Waals surface area contributed by atoms with E-state index in [0.717, 1.165) is 0 Å². The zero-order valence-corrected chi connectivity index (χ0v) is 6.85. The number of nitrogens with two attached hydrogens (primary N) is 1. The first-order valence-corrected chi connectivity index (χ1v) is 3.49. The average Bonchev–Trinajstić information content (AvgIpc) is 2.48. The van der Waals surface area contributed by atoms with E-state index in [9.17, 15) is 13.2 Å². The molecule has 1 aromatic heterocycles. The fraction of sp³-hybridized carbons (Fsp3) is 0.429. The van der Waals surface area contributed by atoms with Crippen LogP contribution in [0.5, 0.6) is 5.75 Å². The molecule has 1 heterocycles. The molecule has 1 rings (SSSR count). The summed E-state index contributed by atoms with van der Waals surface area (Å²) in [6.07, 6.45) is -3.11. The van der Waals surface area contributed by atoms with Gasteiger partial charge < -0.3 is 15.5 Å². The minimum absolute atomic E-state index is 0.107. The number of ether oxygens (including phenoxy) is 1. The number of rotatable bonds is 2. The Hall–Kier alpha value is -1.17. The third-order valence-corrected chi connectivity index (χ3v) is 1.60. The van der Waals surface area contributed by atoms with Gasteiger partial charge in [0.25, 0.3) is 0 Å². The molecule has 0 spiro atoms. The van der Waals surface area contributed by atoms with Crippen LogP contribution in [-0.2, 0) is 0 Å². The van der Waals surface area contributed by atoms with Crippen molar-refractivity contribution in [3.63, 3.8) is 0 Å². The maximum absolute atomic E-state index is 12.1. The molecule has 0 bridgehead atoms. The van der Waals surface area contributed by atoms with E-state index >= 15 is 0 Å². The first kappa shape index (κ1) is 9.91. The normalized spacial score (nSPS) is 14.2. The van der Waals surface area contributed by atoms with Crippen LogP contribution in [0.2, 0.25) is 0 Å². The third kappa shape index (κ3) is 2.15. The molecule has 13 heavy (non-hydrogen) atoms. The van der Waals surface area contributed by atoms with Gasteiger partial charge in [-0.2, -0.15) is 13.2 Å². The van der Waals surface area contributed by atoms with E-state index in [4.69, 9.17) is 10.5 Å². The molecule has 6 heteroatoms. The number of methoxy groups -OCH3 is 1. The van der Waals surface area contributed by atoms with Crippen LogP contribution in [0, 0.1) is 0 Å². The Bertz CT molecular complexity index is 282. The maximum atomic E-state index is 12.1. The van der Waals surface area contributed by atoms with Crippen molar-refractivity contribution in [3.8, 4) is 5.75 Å². The summed E-state index contributed by atoms with van der Waals surface area (Å²) < 4.78 is 40.9. The zero-order chi connectivity index (χ0) is 10.1. The molecule has 3 N–H and O–H groups in total. The lowest BCUT2D eigenvalue weighted by molar-refractivity contribution is -0.149. The number of nitrogens with one attached hydrogen (secondary N) is 1. The van der Waals surface area contributed by atoms with E-state index < -0.39 is 12.2 Å². The van der Waals surface area contributed by atoms with E-state index in [0.29, 0.717) is 5.75 Å². The SMILES string of the molecule is COc1c[nH]c([C@H](N)C(F)(F)F)c1. The minimum atomic E-state index is -4.43. The molecule has 74 valence electrons. The monoisotopic (exact) mass is 194 g/mol. The Morgan fingerprint density at radius 1 is 1.54 bits per heavy atom. The molecule has 0 fully saturated rings. The number of aromatic amines is 1. The second-order valence-electron chi connectivity index (χ2n) is 2.51. The Morgan fingerprint density at radius 3 is 2.54 bits per heavy atom. The smallest absolute Gasteiger partial charge is 0.409 e. The van der Waals surface area contributed by atoms with Crippen LogP contribution in [0.15, 0.2) is 12.3 Å². The highest BCUT2D eigenvalue weighted by molar-refractivity contribution is 5.25. The molecular weight excluding hydrogens is 185 g/mol. The van der Waals surface area contributed by atoms with Gasteiger partial charge in [-0.1, -0.05) is 0 Å². The highest BCUT2D eigenvalue weighted by atomic mass is 19.4. The van der Waals surface area contributed by atoms with E-state index in [1.165, 1.54) is 19.4 Å². The summed E-state index contributed by atoms with van der Waals surface area (Å²) in [5.41, 5.74) is 4.82. The maximum Gasteiger partial charge on any atom is 0.409 e. The van der Waals surface area contributed by atoms with Gasteiger partial charge in [0.15, 0.2) is 0 Å². The van der Waals surface area contributed by atoms with Gasteiger partial charge in [0.2, 0.25) is 0 Å². The van der Waals surface area contributed by atoms with Gasteiger partial charge in [0, 0.05) is 18.0 Å². The predicted molar refractivity (Wildman–Crippen MR) is 40.3 cm³/mol. The summed E-state index contributed by atoms with van der Waals surface area (Å²) >= 11 is 0. The fourth-order valence-electron chi connectivity index (χ4n) is 0.865. The van der Waals surface area contributed by atoms with Gasteiger partial charge in [-0.05, 0) is 0 Å². The van der Waals surface area contributed by atoms with Crippen LogP contribution in [0.3, 0.4) is 0 Å². The number of H-pyrrole nitrogens is 1. The van der Waals surface area contributed by atoms with Gasteiger partial charge >= 0.3 is 6.18 Å². The van der Waals surface area contributed by atoms with E-state index in [1.54, 1.807) is 0 Å². The summed E-state index contributed by atoms with van der Waals surface area (Å²) in [5, 5.41) is 0. The number of halogens is 3. The van der Waals surface area contributed by atoms with E-state index in [-0.39, 0.29) is 5.69 Å². The van der Waals surface area contributed by atoms with Crippen molar-refractivity contribution < 1.29 is 17.9 Å². The van der Waals surface area contributed by atoms with Crippen LogP contribution >= 0.6 is 0 Å². The molecule has 0 unspecified atom stereocenters. The molecule has 0 amide bonds. The molecule has 0 saturated heterocycles. The van der Waals surface area contributed by atoms with Crippen LogP contribution < -0.4 is 10.5 Å². The first-order chi connectivity index (χ1) is 5.95.